The Morgan fingerprint density at radius 3 is 1.62 bits per heavy atom. The van der Waals surface area contributed by atoms with Gasteiger partial charge in [-0.15, -0.1) is 0 Å². The highest BCUT2D eigenvalue weighted by molar-refractivity contribution is 5.67. The number of methoxy groups -OCH3 is 3. The monoisotopic (exact) mass is 573 g/mol. The molecule has 14 heteroatoms. The van der Waals surface area contributed by atoms with Crippen LogP contribution < -0.4 is 27.0 Å². The van der Waals surface area contributed by atoms with Crippen molar-refractivity contribution in [1.82, 2.24) is 21.3 Å². The maximum absolute atomic E-state index is 10.9. The van der Waals surface area contributed by atoms with Crippen molar-refractivity contribution in [3.8, 4) is 0 Å². The van der Waals surface area contributed by atoms with E-state index >= 15 is 0 Å². The molecular formula is C25H59N5O9. The van der Waals surface area contributed by atoms with E-state index in [9.17, 15) is 9.59 Å². The van der Waals surface area contributed by atoms with Crippen molar-refractivity contribution >= 4 is 12.2 Å². The summed E-state index contributed by atoms with van der Waals surface area (Å²) >= 11 is 0. The fourth-order valence-electron chi connectivity index (χ4n) is 1.77. The Bertz CT molecular complexity index is 444. The van der Waals surface area contributed by atoms with Crippen LogP contribution in [0.2, 0.25) is 0 Å². The lowest BCUT2D eigenvalue weighted by Crippen LogP contribution is -2.32. The third kappa shape index (κ3) is 57.2. The van der Waals surface area contributed by atoms with Gasteiger partial charge in [0, 0.05) is 47.6 Å². The van der Waals surface area contributed by atoms with Gasteiger partial charge in [0.1, 0.15) is 19.9 Å². The highest BCUT2D eigenvalue weighted by atomic mass is 16.6. The van der Waals surface area contributed by atoms with Crippen molar-refractivity contribution < 1.29 is 42.7 Å². The second-order valence-corrected chi connectivity index (χ2v) is 7.40. The third-order valence-electron chi connectivity index (χ3n) is 3.87. The van der Waals surface area contributed by atoms with E-state index in [4.69, 9.17) is 29.4 Å². The summed E-state index contributed by atoms with van der Waals surface area (Å²) in [6.07, 6.45) is 3.84. The molecule has 0 aromatic rings. The van der Waals surface area contributed by atoms with Crippen molar-refractivity contribution in [2.75, 3.05) is 115 Å². The number of nitrogens with two attached hydrogens (primary N) is 1. The van der Waals surface area contributed by atoms with Crippen LogP contribution in [0.25, 0.3) is 0 Å². The number of hydrogen-bond acceptors (Lipinski definition) is 12. The summed E-state index contributed by atoms with van der Waals surface area (Å²) in [5.41, 5.74) is 5.19. The number of nitrogens with one attached hydrogen (secondary N) is 4. The molecule has 0 aliphatic carbocycles. The quantitative estimate of drug-likeness (QED) is 0.0985. The van der Waals surface area contributed by atoms with Crippen LogP contribution in [-0.2, 0) is 33.2 Å². The summed E-state index contributed by atoms with van der Waals surface area (Å²) in [4.78, 5) is 21.5. The first kappa shape index (κ1) is 44.2. The summed E-state index contributed by atoms with van der Waals surface area (Å²) < 4.78 is 33.7. The van der Waals surface area contributed by atoms with E-state index in [2.05, 4.69) is 44.6 Å². The second kappa shape index (κ2) is 46.1. The van der Waals surface area contributed by atoms with Gasteiger partial charge in [-0.2, -0.15) is 0 Å². The maximum Gasteiger partial charge on any atom is 0.409 e. The van der Waals surface area contributed by atoms with Crippen LogP contribution in [0.3, 0.4) is 0 Å². The zero-order chi connectivity index (χ0) is 30.2. The molecule has 0 aromatic carbocycles. The zero-order valence-corrected chi connectivity index (χ0v) is 25.6. The number of carbonyl (C=O) groups excluding carboxylic acids is 2. The van der Waals surface area contributed by atoms with Crippen LogP contribution in [0.15, 0.2) is 0 Å². The molecule has 0 radical (unpaired) electrons. The van der Waals surface area contributed by atoms with Crippen LogP contribution >= 0.6 is 0 Å². The molecule has 0 saturated heterocycles. The summed E-state index contributed by atoms with van der Waals surface area (Å²) in [6.45, 7) is 10.7. The standard InChI is InChI=1S/C8H18N2O4.C6H14N2O3.C6H15NO.C5H12O/c1-9-3-4-13-7-10-8(11)14-6-5-12-2;1-7-5-8-6(9)11-4-3-10-2;1-2-3-5-8-6-4-7;1-3-4-5-6-2/h9H,3-7H2,1-2H3,(H,10,11);7H,3-5H2,1-2H3,(H,8,9);2-7H2,1H3;3-5H2,1-2H3. The Balaban J connectivity index is -0.000000220. The van der Waals surface area contributed by atoms with Gasteiger partial charge in [-0.05, 0) is 26.9 Å². The Kier molecular flexibility index (Phi) is 52.3. The summed E-state index contributed by atoms with van der Waals surface area (Å²) in [5, 5.41) is 10.6. The molecule has 0 spiro atoms. The van der Waals surface area contributed by atoms with Crippen LogP contribution in [0.1, 0.15) is 39.5 Å². The molecule has 0 aliphatic heterocycles. The lowest BCUT2D eigenvalue weighted by molar-refractivity contribution is 0.0782. The van der Waals surface area contributed by atoms with Crippen molar-refractivity contribution in [1.29, 1.82) is 0 Å². The first-order valence-corrected chi connectivity index (χ1v) is 13.4. The molecule has 0 saturated carbocycles. The Labute approximate surface area is 236 Å². The number of rotatable bonds is 21. The van der Waals surface area contributed by atoms with E-state index in [1.54, 1.807) is 28.4 Å². The first-order chi connectivity index (χ1) is 18.9. The lowest BCUT2D eigenvalue weighted by atomic mass is 10.4. The average molecular weight is 574 g/mol. The minimum absolute atomic E-state index is 0.160. The van der Waals surface area contributed by atoms with E-state index in [1.165, 1.54) is 19.3 Å². The number of amides is 2. The van der Waals surface area contributed by atoms with Gasteiger partial charge in [-0.3, -0.25) is 5.32 Å². The summed E-state index contributed by atoms with van der Waals surface area (Å²) in [6, 6.07) is 0. The van der Waals surface area contributed by atoms with Gasteiger partial charge in [0.2, 0.25) is 0 Å². The minimum atomic E-state index is -0.494. The highest BCUT2D eigenvalue weighted by Crippen LogP contribution is 1.85. The van der Waals surface area contributed by atoms with E-state index < -0.39 is 12.2 Å². The minimum Gasteiger partial charge on any atom is -0.447 e. The number of alkyl carbamates (subject to hydrolysis) is 2. The van der Waals surface area contributed by atoms with Gasteiger partial charge in [-0.25, -0.2) is 9.59 Å². The molecule has 0 aromatic heterocycles. The first-order valence-electron chi connectivity index (χ1n) is 13.4. The van der Waals surface area contributed by atoms with Gasteiger partial charge in [-0.1, -0.05) is 26.7 Å². The SMILES string of the molecule is CCCCOC.CCCCOCCN.CNCCOCNC(=O)OCCOC.CNCNC(=O)OCCOC. The third-order valence-corrected chi connectivity index (χ3v) is 3.87. The topological polar surface area (TPSA) is 173 Å². The fourth-order valence-corrected chi connectivity index (χ4v) is 1.77. The smallest absolute Gasteiger partial charge is 0.409 e. The van der Waals surface area contributed by atoms with E-state index in [-0.39, 0.29) is 19.9 Å². The Hall–Kier alpha value is -1.78. The number of carbonyl (C=O) groups is 2. The molecule has 0 rings (SSSR count). The largest absolute Gasteiger partial charge is 0.447 e. The molecular weight excluding hydrogens is 514 g/mol. The number of likely N-dealkylation sites (N-methyl/N-ethyl adjacent to an activating group) is 1. The van der Waals surface area contributed by atoms with Crippen LogP contribution in [0, 0.1) is 0 Å². The van der Waals surface area contributed by atoms with Gasteiger partial charge < -0.3 is 54.8 Å². The number of hydrogen-bond donors (Lipinski definition) is 5. The van der Waals surface area contributed by atoms with Gasteiger partial charge in [0.05, 0.1) is 33.1 Å². The van der Waals surface area contributed by atoms with Crippen molar-refractivity contribution in [3.05, 3.63) is 0 Å². The molecule has 0 heterocycles. The van der Waals surface area contributed by atoms with Gasteiger partial charge in [0.15, 0.2) is 0 Å². The molecule has 0 unspecified atom stereocenters. The Morgan fingerprint density at radius 2 is 1.18 bits per heavy atom. The van der Waals surface area contributed by atoms with E-state index in [1.807, 2.05) is 7.05 Å². The molecule has 0 bridgehead atoms. The molecule has 2 amide bonds. The van der Waals surface area contributed by atoms with E-state index in [0.29, 0.717) is 39.6 Å². The zero-order valence-electron chi connectivity index (χ0n) is 25.6. The molecule has 0 fully saturated rings. The molecule has 14 nitrogen and oxygen atoms in total. The summed E-state index contributed by atoms with van der Waals surface area (Å²) in [5.74, 6) is 0. The molecule has 6 N–H and O–H groups in total. The van der Waals surface area contributed by atoms with Crippen molar-refractivity contribution in [3.63, 3.8) is 0 Å². The molecule has 0 aliphatic rings. The van der Waals surface area contributed by atoms with E-state index in [0.717, 1.165) is 26.2 Å². The fraction of sp³-hybridized carbons (Fsp3) is 0.920. The predicted octanol–water partition coefficient (Wildman–Crippen LogP) is 1.28. The van der Waals surface area contributed by atoms with Gasteiger partial charge >= 0.3 is 12.2 Å². The average Bonchev–Trinajstić information content (AvgIpc) is 2.94. The van der Waals surface area contributed by atoms with Gasteiger partial charge in [0.25, 0.3) is 0 Å². The van der Waals surface area contributed by atoms with Crippen molar-refractivity contribution in [2.24, 2.45) is 5.73 Å². The maximum atomic E-state index is 10.9. The van der Waals surface area contributed by atoms with Crippen LogP contribution in [0.5, 0.6) is 0 Å². The summed E-state index contributed by atoms with van der Waals surface area (Å²) in [7, 11) is 8.39. The van der Waals surface area contributed by atoms with Crippen LogP contribution in [-0.4, -0.2) is 127 Å². The molecule has 39 heavy (non-hydrogen) atoms. The predicted molar refractivity (Wildman–Crippen MR) is 153 cm³/mol. The number of unbranched alkanes of at least 4 members (excludes halogenated alkanes) is 2. The lowest BCUT2D eigenvalue weighted by Gasteiger charge is -2.06. The normalized spacial score (nSPS) is 9.54. The van der Waals surface area contributed by atoms with Crippen molar-refractivity contribution in [2.45, 2.75) is 39.5 Å². The number of ether oxygens (including phenoxy) is 7. The van der Waals surface area contributed by atoms with Crippen LogP contribution in [0.4, 0.5) is 9.59 Å². The Morgan fingerprint density at radius 1 is 0.641 bits per heavy atom. The highest BCUT2D eigenvalue weighted by Gasteiger charge is 1.99. The molecule has 0 atom stereocenters. The second-order valence-electron chi connectivity index (χ2n) is 7.40. The molecule has 238 valence electrons.